The third-order valence-electron chi connectivity index (χ3n) is 3.98. The maximum Gasteiger partial charge on any atom is 0.272 e. The number of pyridine rings is 1. The van der Waals surface area contributed by atoms with Gasteiger partial charge in [-0.25, -0.2) is 0 Å². The van der Waals surface area contributed by atoms with E-state index >= 15 is 0 Å². The Kier molecular flexibility index (Phi) is 3.89. The maximum atomic E-state index is 12.7. The summed E-state index contributed by atoms with van der Waals surface area (Å²) in [5.41, 5.74) is 1.39. The van der Waals surface area contributed by atoms with Gasteiger partial charge in [0.05, 0.1) is 0 Å². The molecular formula is C15H19N5O2. The number of aryl methyl sites for hydroxylation is 2. The SMILES string of the molecule is Cc1noc([C@H]2CN(C(=O)c3ncccc3C)CCN2C)n1. The summed E-state index contributed by atoms with van der Waals surface area (Å²) in [7, 11) is 2.00. The third-order valence-corrected chi connectivity index (χ3v) is 3.98. The van der Waals surface area contributed by atoms with E-state index < -0.39 is 0 Å². The average Bonchev–Trinajstić information content (AvgIpc) is 2.94. The first-order chi connectivity index (χ1) is 10.6. The van der Waals surface area contributed by atoms with Gasteiger partial charge >= 0.3 is 0 Å². The standard InChI is InChI=1S/C15H19N5O2/c1-10-5-4-6-16-13(10)15(21)20-8-7-19(3)12(9-20)14-17-11(2)18-22-14/h4-6,12H,7-9H2,1-3H3/t12-/m1/s1. The van der Waals surface area contributed by atoms with Gasteiger partial charge in [-0.3, -0.25) is 14.7 Å². The van der Waals surface area contributed by atoms with E-state index in [9.17, 15) is 4.79 Å². The predicted molar refractivity (Wildman–Crippen MR) is 79.3 cm³/mol. The first kappa shape index (κ1) is 14.6. The second-order valence-corrected chi connectivity index (χ2v) is 5.60. The van der Waals surface area contributed by atoms with E-state index in [1.165, 1.54) is 0 Å². The van der Waals surface area contributed by atoms with Crippen molar-refractivity contribution in [3.8, 4) is 0 Å². The molecule has 1 aliphatic heterocycles. The van der Waals surface area contributed by atoms with Gasteiger partial charge in [0, 0.05) is 25.8 Å². The zero-order valence-electron chi connectivity index (χ0n) is 13.0. The molecule has 0 saturated carbocycles. The molecule has 0 radical (unpaired) electrons. The number of hydrogen-bond acceptors (Lipinski definition) is 6. The highest BCUT2D eigenvalue weighted by atomic mass is 16.5. The fraction of sp³-hybridized carbons (Fsp3) is 0.467. The molecule has 22 heavy (non-hydrogen) atoms. The molecule has 1 amide bonds. The van der Waals surface area contributed by atoms with Gasteiger partial charge in [-0.05, 0) is 32.5 Å². The first-order valence-corrected chi connectivity index (χ1v) is 7.27. The van der Waals surface area contributed by atoms with Crippen molar-refractivity contribution < 1.29 is 9.32 Å². The van der Waals surface area contributed by atoms with Crippen molar-refractivity contribution in [3.63, 3.8) is 0 Å². The van der Waals surface area contributed by atoms with Crippen LogP contribution in [0.2, 0.25) is 0 Å². The average molecular weight is 301 g/mol. The molecule has 0 aromatic carbocycles. The molecule has 116 valence electrons. The number of piperazine rings is 1. The fourth-order valence-corrected chi connectivity index (χ4v) is 2.63. The highest BCUT2D eigenvalue weighted by Gasteiger charge is 2.33. The molecule has 2 aromatic heterocycles. The lowest BCUT2D eigenvalue weighted by Gasteiger charge is -2.37. The molecule has 0 spiro atoms. The summed E-state index contributed by atoms with van der Waals surface area (Å²) in [4.78, 5) is 25.1. The Morgan fingerprint density at radius 1 is 1.36 bits per heavy atom. The molecule has 1 fully saturated rings. The van der Waals surface area contributed by atoms with Gasteiger partial charge in [0.2, 0.25) is 5.89 Å². The minimum absolute atomic E-state index is 0.0487. The number of likely N-dealkylation sites (N-methyl/N-ethyl adjacent to an activating group) is 1. The molecule has 0 N–H and O–H groups in total. The van der Waals surface area contributed by atoms with Crippen LogP contribution in [0.1, 0.15) is 33.8 Å². The van der Waals surface area contributed by atoms with E-state index in [0.717, 1.165) is 12.1 Å². The van der Waals surface area contributed by atoms with E-state index in [-0.39, 0.29) is 11.9 Å². The quantitative estimate of drug-likeness (QED) is 0.830. The van der Waals surface area contributed by atoms with Crippen molar-refractivity contribution in [2.45, 2.75) is 19.9 Å². The van der Waals surface area contributed by atoms with Crippen LogP contribution in [0.3, 0.4) is 0 Å². The Hall–Kier alpha value is -2.28. The smallest absolute Gasteiger partial charge is 0.272 e. The molecule has 0 aliphatic carbocycles. The Morgan fingerprint density at radius 3 is 2.86 bits per heavy atom. The lowest BCUT2D eigenvalue weighted by atomic mass is 10.1. The molecule has 1 saturated heterocycles. The van der Waals surface area contributed by atoms with Crippen molar-refractivity contribution in [2.75, 3.05) is 26.7 Å². The minimum atomic E-state index is -0.0806. The molecule has 1 atom stereocenters. The van der Waals surface area contributed by atoms with E-state index in [0.29, 0.717) is 30.5 Å². The topological polar surface area (TPSA) is 75.4 Å². The second kappa shape index (κ2) is 5.84. The van der Waals surface area contributed by atoms with Crippen molar-refractivity contribution in [1.29, 1.82) is 0 Å². The van der Waals surface area contributed by atoms with Gasteiger partial charge in [0.25, 0.3) is 5.91 Å². The van der Waals surface area contributed by atoms with Crippen molar-refractivity contribution in [1.82, 2.24) is 24.9 Å². The molecule has 2 aromatic rings. The van der Waals surface area contributed by atoms with Gasteiger partial charge in [0.1, 0.15) is 11.7 Å². The Balaban J connectivity index is 1.81. The minimum Gasteiger partial charge on any atom is -0.338 e. The highest BCUT2D eigenvalue weighted by molar-refractivity contribution is 5.93. The van der Waals surface area contributed by atoms with Crippen molar-refractivity contribution in [2.24, 2.45) is 0 Å². The van der Waals surface area contributed by atoms with Crippen LogP contribution in [-0.2, 0) is 0 Å². The fourth-order valence-electron chi connectivity index (χ4n) is 2.63. The summed E-state index contributed by atoms with van der Waals surface area (Å²) in [6.07, 6.45) is 1.65. The van der Waals surface area contributed by atoms with E-state index in [2.05, 4.69) is 20.0 Å². The molecule has 3 rings (SSSR count). The zero-order valence-corrected chi connectivity index (χ0v) is 13.0. The van der Waals surface area contributed by atoms with Crippen molar-refractivity contribution >= 4 is 5.91 Å². The van der Waals surface area contributed by atoms with E-state index in [4.69, 9.17) is 4.52 Å². The number of carbonyl (C=O) groups excluding carboxylic acids is 1. The number of carbonyl (C=O) groups is 1. The highest BCUT2D eigenvalue weighted by Crippen LogP contribution is 2.23. The number of aromatic nitrogens is 3. The van der Waals surface area contributed by atoms with Crippen LogP contribution in [0, 0.1) is 13.8 Å². The first-order valence-electron chi connectivity index (χ1n) is 7.27. The summed E-state index contributed by atoms with van der Waals surface area (Å²) >= 11 is 0. The normalized spacial score (nSPS) is 19.4. The second-order valence-electron chi connectivity index (χ2n) is 5.60. The number of hydrogen-bond donors (Lipinski definition) is 0. The summed E-state index contributed by atoms with van der Waals surface area (Å²) in [5, 5.41) is 3.84. The molecule has 0 bridgehead atoms. The molecule has 0 unspecified atom stereocenters. The maximum absolute atomic E-state index is 12.7. The third kappa shape index (κ3) is 2.71. The van der Waals surface area contributed by atoms with Crippen LogP contribution in [0.4, 0.5) is 0 Å². The van der Waals surface area contributed by atoms with E-state index in [1.54, 1.807) is 18.0 Å². The van der Waals surface area contributed by atoms with Gasteiger partial charge in [-0.1, -0.05) is 11.2 Å². The lowest BCUT2D eigenvalue weighted by molar-refractivity contribution is 0.0483. The number of nitrogens with zero attached hydrogens (tertiary/aromatic N) is 5. The number of rotatable bonds is 2. The molecule has 1 aliphatic rings. The van der Waals surface area contributed by atoms with Crippen LogP contribution in [0.5, 0.6) is 0 Å². The summed E-state index contributed by atoms with van der Waals surface area (Å²) in [6, 6.07) is 3.65. The largest absolute Gasteiger partial charge is 0.338 e. The lowest BCUT2D eigenvalue weighted by Crippen LogP contribution is -2.49. The van der Waals surface area contributed by atoms with Crippen LogP contribution in [-0.4, -0.2) is 57.5 Å². The zero-order chi connectivity index (χ0) is 15.7. The van der Waals surface area contributed by atoms with Crippen LogP contribution >= 0.6 is 0 Å². The van der Waals surface area contributed by atoms with Crippen LogP contribution in [0.15, 0.2) is 22.9 Å². The monoisotopic (exact) mass is 301 g/mol. The van der Waals surface area contributed by atoms with Gasteiger partial charge in [0.15, 0.2) is 5.82 Å². The van der Waals surface area contributed by atoms with Crippen molar-refractivity contribution in [3.05, 3.63) is 41.3 Å². The van der Waals surface area contributed by atoms with E-state index in [1.807, 2.05) is 26.1 Å². The summed E-state index contributed by atoms with van der Waals surface area (Å²) < 4.78 is 5.28. The Bertz CT molecular complexity index is 684. The van der Waals surface area contributed by atoms with Gasteiger partial charge < -0.3 is 9.42 Å². The molecular weight excluding hydrogens is 282 g/mol. The van der Waals surface area contributed by atoms with Gasteiger partial charge in [-0.15, -0.1) is 0 Å². The van der Waals surface area contributed by atoms with Crippen LogP contribution in [0.25, 0.3) is 0 Å². The summed E-state index contributed by atoms with van der Waals surface area (Å²) in [5.74, 6) is 1.11. The van der Waals surface area contributed by atoms with Crippen LogP contribution < -0.4 is 0 Å². The predicted octanol–water partition coefficient (Wildman–Crippen LogP) is 1.21. The molecule has 7 heteroatoms. The Morgan fingerprint density at radius 2 is 2.18 bits per heavy atom. The molecule has 3 heterocycles. The number of amides is 1. The molecule has 7 nitrogen and oxygen atoms in total. The summed E-state index contributed by atoms with van der Waals surface area (Å²) in [6.45, 7) is 5.62. The van der Waals surface area contributed by atoms with Gasteiger partial charge in [-0.2, -0.15) is 4.98 Å². The Labute approximate surface area is 128 Å².